The van der Waals surface area contributed by atoms with E-state index in [1.807, 2.05) is 24.3 Å². The Hall–Kier alpha value is -3.13. The molecule has 0 fully saturated rings. The molecule has 2 aromatic rings. The molecule has 6 nitrogen and oxygen atoms in total. The number of alkyl halides is 2. The van der Waals surface area contributed by atoms with E-state index in [-0.39, 0.29) is 12.4 Å². The maximum atomic E-state index is 12.8. The number of halogens is 2. The third-order valence-electron chi connectivity index (χ3n) is 5.45. The van der Waals surface area contributed by atoms with Crippen LogP contribution in [0.3, 0.4) is 0 Å². The van der Waals surface area contributed by atoms with Gasteiger partial charge in [-0.3, -0.25) is 4.79 Å². The number of nitrogens with one attached hydrogen (secondary N) is 1. The number of methoxy groups -OCH3 is 2. The summed E-state index contributed by atoms with van der Waals surface area (Å²) in [5.74, 6) is 0.628. The van der Waals surface area contributed by atoms with Crippen molar-refractivity contribution in [2.24, 2.45) is 0 Å². The van der Waals surface area contributed by atoms with E-state index in [9.17, 15) is 13.6 Å². The van der Waals surface area contributed by atoms with Crippen molar-refractivity contribution in [1.82, 2.24) is 5.32 Å². The zero-order chi connectivity index (χ0) is 23.6. The predicted octanol–water partition coefficient (Wildman–Crippen LogP) is 4.50. The predicted molar refractivity (Wildman–Crippen MR) is 120 cm³/mol. The van der Waals surface area contributed by atoms with Crippen molar-refractivity contribution in [2.45, 2.75) is 38.7 Å². The molecule has 0 radical (unpaired) electrons. The lowest BCUT2D eigenvalue weighted by Gasteiger charge is -2.17. The molecular weight excluding hydrogens is 432 g/mol. The van der Waals surface area contributed by atoms with Gasteiger partial charge < -0.3 is 24.3 Å². The van der Waals surface area contributed by atoms with Crippen molar-refractivity contribution in [2.75, 3.05) is 27.6 Å². The van der Waals surface area contributed by atoms with E-state index in [2.05, 4.69) is 10.1 Å². The number of ether oxygens (including phenoxy) is 4. The molecule has 3 rings (SSSR count). The van der Waals surface area contributed by atoms with Crippen LogP contribution in [0.15, 0.2) is 42.7 Å². The Balaban J connectivity index is 1.67. The normalized spacial score (nSPS) is 13.4. The number of amides is 1. The van der Waals surface area contributed by atoms with Crippen molar-refractivity contribution < 1.29 is 32.5 Å². The fourth-order valence-corrected chi connectivity index (χ4v) is 3.80. The van der Waals surface area contributed by atoms with Crippen LogP contribution in [0.4, 0.5) is 8.78 Å². The molecule has 0 spiro atoms. The number of hydrogen-bond acceptors (Lipinski definition) is 5. The summed E-state index contributed by atoms with van der Waals surface area (Å²) in [4.78, 5) is 12.8. The molecule has 0 atom stereocenters. The molecule has 0 saturated heterocycles. The van der Waals surface area contributed by atoms with Crippen molar-refractivity contribution in [3.05, 3.63) is 64.9 Å². The van der Waals surface area contributed by atoms with Crippen molar-refractivity contribution >= 4 is 11.5 Å². The van der Waals surface area contributed by atoms with E-state index in [0.717, 1.165) is 43.1 Å². The highest BCUT2D eigenvalue weighted by Crippen LogP contribution is 2.28. The molecule has 0 bridgehead atoms. The summed E-state index contributed by atoms with van der Waals surface area (Å²) in [6.07, 6.45) is 5.48. The van der Waals surface area contributed by atoms with Crippen molar-refractivity contribution in [3.8, 4) is 11.5 Å². The first-order valence-electron chi connectivity index (χ1n) is 10.8. The Bertz CT molecular complexity index is 977. The van der Waals surface area contributed by atoms with Crippen LogP contribution in [0.5, 0.6) is 11.5 Å². The lowest BCUT2D eigenvalue weighted by Crippen LogP contribution is -2.27. The third-order valence-corrected chi connectivity index (χ3v) is 5.45. The molecule has 33 heavy (non-hydrogen) atoms. The van der Waals surface area contributed by atoms with E-state index < -0.39 is 12.5 Å². The van der Waals surface area contributed by atoms with Gasteiger partial charge in [0.15, 0.2) is 18.3 Å². The van der Waals surface area contributed by atoms with Gasteiger partial charge in [0.1, 0.15) is 6.26 Å². The second-order valence-corrected chi connectivity index (χ2v) is 7.66. The molecular formula is C25H29F2NO5. The molecule has 0 aliphatic heterocycles. The minimum absolute atomic E-state index is 0.0737. The van der Waals surface area contributed by atoms with Crippen molar-refractivity contribution in [3.63, 3.8) is 0 Å². The topological polar surface area (TPSA) is 66.0 Å². The molecule has 1 aliphatic rings. The average molecular weight is 462 g/mol. The summed E-state index contributed by atoms with van der Waals surface area (Å²) in [7, 11) is 3.07. The smallest absolute Gasteiger partial charge is 0.386 e. The molecule has 0 unspecified atom stereocenters. The number of aryl methyl sites for hydroxylation is 2. The highest BCUT2D eigenvalue weighted by molar-refractivity contribution is 6.19. The van der Waals surface area contributed by atoms with Gasteiger partial charge >= 0.3 is 6.61 Å². The van der Waals surface area contributed by atoms with Crippen LogP contribution in [-0.2, 0) is 33.5 Å². The molecule has 178 valence electrons. The number of benzene rings is 2. The number of fused-ring (bicyclic) bond motifs is 1. The lowest BCUT2D eigenvalue weighted by molar-refractivity contribution is -0.116. The van der Waals surface area contributed by atoms with Crippen LogP contribution < -0.4 is 14.8 Å². The van der Waals surface area contributed by atoms with Gasteiger partial charge in [-0.15, -0.1) is 0 Å². The van der Waals surface area contributed by atoms with Crippen LogP contribution in [-0.4, -0.2) is 40.1 Å². The Morgan fingerprint density at radius 1 is 1.06 bits per heavy atom. The van der Waals surface area contributed by atoms with Gasteiger partial charge in [0, 0.05) is 13.7 Å². The second-order valence-electron chi connectivity index (χ2n) is 7.66. The standard InChI is InChI=1S/C25H29F2NO5/c1-30-16-33-22-10-7-17(13-23(22)31-2)11-12-28-24(29)21(15-32-25(26)27)20-9-8-18-5-3-4-6-19(18)14-20/h7-10,13-15,25H,3-6,11-12,16H2,1-2H3,(H,28,29). The zero-order valence-corrected chi connectivity index (χ0v) is 18.9. The maximum Gasteiger partial charge on any atom is 0.386 e. The fourth-order valence-electron chi connectivity index (χ4n) is 3.80. The Labute approximate surface area is 192 Å². The summed E-state index contributed by atoms with van der Waals surface area (Å²) in [6.45, 7) is -2.60. The Kier molecular flexibility index (Phi) is 9.06. The van der Waals surface area contributed by atoms with Gasteiger partial charge in [0.2, 0.25) is 0 Å². The van der Waals surface area contributed by atoms with E-state index in [1.165, 1.54) is 12.7 Å². The third kappa shape index (κ3) is 6.92. The van der Waals surface area contributed by atoms with Gasteiger partial charge in [0.05, 0.1) is 12.7 Å². The molecule has 0 saturated carbocycles. The van der Waals surface area contributed by atoms with Crippen LogP contribution in [0.1, 0.15) is 35.1 Å². The molecule has 0 aromatic heterocycles. The van der Waals surface area contributed by atoms with Crippen LogP contribution in [0.2, 0.25) is 0 Å². The summed E-state index contributed by atoms with van der Waals surface area (Å²) < 4.78 is 45.4. The molecule has 2 aromatic carbocycles. The summed E-state index contributed by atoms with van der Waals surface area (Å²) in [5, 5.41) is 2.80. The number of rotatable bonds is 11. The van der Waals surface area contributed by atoms with E-state index in [1.54, 1.807) is 19.2 Å². The Morgan fingerprint density at radius 2 is 1.85 bits per heavy atom. The van der Waals surface area contributed by atoms with Gasteiger partial charge in [0.25, 0.3) is 5.91 Å². The lowest BCUT2D eigenvalue weighted by atomic mass is 9.89. The van der Waals surface area contributed by atoms with Gasteiger partial charge in [-0.2, -0.15) is 8.78 Å². The van der Waals surface area contributed by atoms with Gasteiger partial charge in [-0.05, 0) is 66.5 Å². The van der Waals surface area contributed by atoms with Crippen LogP contribution in [0, 0.1) is 0 Å². The molecule has 1 aliphatic carbocycles. The SMILES string of the molecule is COCOc1ccc(CCNC(=O)C(=COC(F)F)c2ccc3c(c2)CCCC3)cc1OC. The molecule has 8 heteroatoms. The quantitative estimate of drug-likeness (QED) is 0.303. The summed E-state index contributed by atoms with van der Waals surface area (Å²) in [5.41, 5.74) is 3.95. The second kappa shape index (κ2) is 12.2. The van der Waals surface area contributed by atoms with Gasteiger partial charge in [-0.1, -0.05) is 24.3 Å². The summed E-state index contributed by atoms with van der Waals surface area (Å²) >= 11 is 0. The number of carbonyl (C=O) groups is 1. The Morgan fingerprint density at radius 3 is 2.58 bits per heavy atom. The fraction of sp³-hybridized carbons (Fsp3) is 0.400. The van der Waals surface area contributed by atoms with Crippen LogP contribution in [0.25, 0.3) is 5.57 Å². The van der Waals surface area contributed by atoms with Crippen molar-refractivity contribution in [1.29, 1.82) is 0 Å². The first kappa shape index (κ1) is 24.5. The highest BCUT2D eigenvalue weighted by Gasteiger charge is 2.17. The molecule has 0 heterocycles. The van der Waals surface area contributed by atoms with Gasteiger partial charge in [-0.25, -0.2) is 0 Å². The molecule has 1 amide bonds. The highest BCUT2D eigenvalue weighted by atomic mass is 19.3. The van der Waals surface area contributed by atoms with Crippen LogP contribution >= 0.6 is 0 Å². The average Bonchev–Trinajstić information content (AvgIpc) is 2.83. The molecule has 1 N–H and O–H groups in total. The first-order valence-corrected chi connectivity index (χ1v) is 10.8. The largest absolute Gasteiger partial charge is 0.493 e. The first-order chi connectivity index (χ1) is 16.0. The minimum atomic E-state index is -3.00. The van der Waals surface area contributed by atoms with E-state index in [0.29, 0.717) is 30.0 Å². The minimum Gasteiger partial charge on any atom is -0.493 e. The zero-order valence-electron chi connectivity index (χ0n) is 18.9. The number of carbonyl (C=O) groups excluding carboxylic acids is 1. The van der Waals surface area contributed by atoms with E-state index >= 15 is 0 Å². The monoisotopic (exact) mass is 461 g/mol. The number of hydrogen-bond donors (Lipinski definition) is 1. The summed E-state index contributed by atoms with van der Waals surface area (Å²) in [6, 6.07) is 11.1. The maximum absolute atomic E-state index is 12.8. The van der Waals surface area contributed by atoms with E-state index in [4.69, 9.17) is 14.2 Å².